The van der Waals surface area contributed by atoms with E-state index in [1.165, 1.54) is 28.9 Å². The Bertz CT molecular complexity index is 1270. The number of piperazine rings is 1. The van der Waals surface area contributed by atoms with E-state index < -0.39 is 20.0 Å². The van der Waals surface area contributed by atoms with Crippen molar-refractivity contribution < 1.29 is 31.1 Å². The zero-order valence-corrected chi connectivity index (χ0v) is 20.6. The molecule has 0 spiro atoms. The SMILES string of the molecule is COc1ccc(OC)c(S(=O)(=O)N2CCN(C(=O)c3ccc(N4CCCS4(=O)=O)cc3)CC2)c1. The van der Waals surface area contributed by atoms with E-state index in [0.717, 1.165) is 0 Å². The second kappa shape index (κ2) is 9.43. The Labute approximate surface area is 199 Å². The predicted octanol–water partition coefficient (Wildman–Crippen LogP) is 1.39. The fraction of sp³-hybridized carbons (Fsp3) is 0.409. The monoisotopic (exact) mass is 509 g/mol. The predicted molar refractivity (Wildman–Crippen MR) is 126 cm³/mol. The molecule has 12 heteroatoms. The highest BCUT2D eigenvalue weighted by Crippen LogP contribution is 2.31. The Morgan fingerprint density at radius 2 is 1.59 bits per heavy atom. The van der Waals surface area contributed by atoms with E-state index in [0.29, 0.717) is 30.0 Å². The normalized spacial score (nSPS) is 18.6. The summed E-state index contributed by atoms with van der Waals surface area (Å²) < 4.78 is 63.7. The van der Waals surface area contributed by atoms with Crippen LogP contribution in [0.2, 0.25) is 0 Å². The van der Waals surface area contributed by atoms with Gasteiger partial charge in [-0.15, -0.1) is 0 Å². The maximum atomic E-state index is 13.2. The maximum absolute atomic E-state index is 13.2. The van der Waals surface area contributed by atoms with Crippen LogP contribution >= 0.6 is 0 Å². The number of anilines is 1. The first kappa shape index (κ1) is 24.3. The van der Waals surface area contributed by atoms with Gasteiger partial charge in [0, 0.05) is 44.4 Å². The number of benzene rings is 2. The van der Waals surface area contributed by atoms with Gasteiger partial charge in [0.05, 0.1) is 25.7 Å². The van der Waals surface area contributed by atoms with Crippen molar-refractivity contribution in [3.63, 3.8) is 0 Å². The zero-order chi connectivity index (χ0) is 24.5. The molecule has 184 valence electrons. The van der Waals surface area contributed by atoms with E-state index in [1.54, 1.807) is 41.3 Å². The minimum atomic E-state index is -3.85. The molecule has 10 nitrogen and oxygen atoms in total. The Hall–Kier alpha value is -2.83. The molecule has 34 heavy (non-hydrogen) atoms. The first-order valence-electron chi connectivity index (χ1n) is 10.8. The molecule has 2 aromatic rings. The average Bonchev–Trinajstić information content (AvgIpc) is 3.22. The highest BCUT2D eigenvalue weighted by atomic mass is 32.2. The molecule has 2 fully saturated rings. The van der Waals surface area contributed by atoms with Crippen LogP contribution in [0.1, 0.15) is 16.8 Å². The summed E-state index contributed by atoms with van der Waals surface area (Å²) in [7, 11) is -4.27. The van der Waals surface area contributed by atoms with E-state index >= 15 is 0 Å². The number of methoxy groups -OCH3 is 2. The highest BCUT2D eigenvalue weighted by molar-refractivity contribution is 7.93. The van der Waals surface area contributed by atoms with E-state index in [1.807, 2.05) is 0 Å². The van der Waals surface area contributed by atoms with Gasteiger partial charge in [0.2, 0.25) is 20.0 Å². The molecule has 0 bridgehead atoms. The summed E-state index contributed by atoms with van der Waals surface area (Å²) in [6.45, 7) is 1.17. The van der Waals surface area contributed by atoms with Gasteiger partial charge in [0.25, 0.3) is 5.91 Å². The number of hydrogen-bond donors (Lipinski definition) is 0. The number of amides is 1. The maximum Gasteiger partial charge on any atom is 0.253 e. The molecule has 2 aromatic carbocycles. The van der Waals surface area contributed by atoms with Gasteiger partial charge < -0.3 is 14.4 Å². The third-order valence-electron chi connectivity index (χ3n) is 6.02. The molecule has 0 aliphatic carbocycles. The van der Waals surface area contributed by atoms with Crippen molar-refractivity contribution >= 4 is 31.6 Å². The first-order chi connectivity index (χ1) is 16.2. The number of carbonyl (C=O) groups excluding carboxylic acids is 1. The third-order valence-corrected chi connectivity index (χ3v) is 9.81. The number of rotatable bonds is 6. The highest BCUT2D eigenvalue weighted by Gasteiger charge is 2.33. The van der Waals surface area contributed by atoms with Crippen LogP contribution in [-0.2, 0) is 20.0 Å². The largest absolute Gasteiger partial charge is 0.497 e. The smallest absolute Gasteiger partial charge is 0.253 e. The van der Waals surface area contributed by atoms with Gasteiger partial charge >= 0.3 is 0 Å². The molecule has 0 unspecified atom stereocenters. The Balaban J connectivity index is 1.44. The molecular formula is C22H27N3O7S2. The third kappa shape index (κ3) is 4.57. The standard InChI is InChI=1S/C22H27N3O7S2/c1-31-19-8-9-20(32-2)21(16-19)34(29,30)24-13-11-23(12-14-24)22(26)17-4-6-18(7-5-17)25-10-3-15-33(25,27)28/h4-9,16H,3,10-15H2,1-2H3. The van der Waals surface area contributed by atoms with Gasteiger partial charge in [0.1, 0.15) is 16.4 Å². The van der Waals surface area contributed by atoms with Crippen LogP contribution in [0.25, 0.3) is 0 Å². The molecule has 0 aromatic heterocycles. The molecule has 0 radical (unpaired) electrons. The minimum absolute atomic E-state index is 0.0154. The number of carbonyl (C=O) groups is 1. The van der Waals surface area contributed by atoms with Crippen LogP contribution in [0, 0.1) is 0 Å². The van der Waals surface area contributed by atoms with Crippen molar-refractivity contribution in [2.45, 2.75) is 11.3 Å². The van der Waals surface area contributed by atoms with Crippen molar-refractivity contribution in [3.05, 3.63) is 48.0 Å². The molecule has 2 aliphatic heterocycles. The van der Waals surface area contributed by atoms with Crippen molar-refractivity contribution in [1.82, 2.24) is 9.21 Å². The summed E-state index contributed by atoms with van der Waals surface area (Å²) in [5.74, 6) is 0.521. The summed E-state index contributed by atoms with van der Waals surface area (Å²) in [4.78, 5) is 14.6. The van der Waals surface area contributed by atoms with Crippen molar-refractivity contribution in [2.24, 2.45) is 0 Å². The lowest BCUT2D eigenvalue weighted by Crippen LogP contribution is -2.50. The van der Waals surface area contributed by atoms with Gasteiger partial charge in [-0.2, -0.15) is 4.31 Å². The van der Waals surface area contributed by atoms with Gasteiger partial charge in [0.15, 0.2) is 0 Å². The van der Waals surface area contributed by atoms with Crippen LogP contribution < -0.4 is 13.8 Å². The molecule has 0 N–H and O–H groups in total. The van der Waals surface area contributed by atoms with E-state index in [4.69, 9.17) is 9.47 Å². The lowest BCUT2D eigenvalue weighted by molar-refractivity contribution is 0.0698. The van der Waals surface area contributed by atoms with Crippen LogP contribution in [0.3, 0.4) is 0 Å². The summed E-state index contributed by atoms with van der Waals surface area (Å²) in [6.07, 6.45) is 0.581. The summed E-state index contributed by atoms with van der Waals surface area (Å²) in [5, 5.41) is 0. The van der Waals surface area contributed by atoms with Gasteiger partial charge in [-0.05, 0) is 42.8 Å². The molecule has 4 rings (SSSR count). The lowest BCUT2D eigenvalue weighted by Gasteiger charge is -2.34. The van der Waals surface area contributed by atoms with E-state index in [2.05, 4.69) is 0 Å². The number of sulfonamides is 2. The van der Waals surface area contributed by atoms with Gasteiger partial charge in [-0.1, -0.05) is 0 Å². The molecule has 0 atom stereocenters. The Kier molecular flexibility index (Phi) is 6.74. The molecule has 2 heterocycles. The second-order valence-electron chi connectivity index (χ2n) is 8.00. The van der Waals surface area contributed by atoms with Crippen LogP contribution in [0.4, 0.5) is 5.69 Å². The summed E-state index contributed by atoms with van der Waals surface area (Å²) in [5.41, 5.74) is 0.961. The van der Waals surface area contributed by atoms with Crippen LogP contribution in [-0.4, -0.2) is 84.6 Å². The van der Waals surface area contributed by atoms with Crippen LogP contribution in [0.15, 0.2) is 47.4 Å². The van der Waals surface area contributed by atoms with Gasteiger partial charge in [-0.25, -0.2) is 16.8 Å². The molecule has 2 aliphatic rings. The quantitative estimate of drug-likeness (QED) is 0.578. The topological polar surface area (TPSA) is 114 Å². The fourth-order valence-electron chi connectivity index (χ4n) is 4.14. The number of hydrogen-bond acceptors (Lipinski definition) is 7. The van der Waals surface area contributed by atoms with E-state index in [-0.39, 0.29) is 48.5 Å². The average molecular weight is 510 g/mol. The van der Waals surface area contributed by atoms with Crippen molar-refractivity contribution in [3.8, 4) is 11.5 Å². The Morgan fingerprint density at radius 3 is 2.15 bits per heavy atom. The van der Waals surface area contributed by atoms with Crippen molar-refractivity contribution in [1.29, 1.82) is 0 Å². The zero-order valence-electron chi connectivity index (χ0n) is 19.0. The number of ether oxygens (including phenoxy) is 2. The van der Waals surface area contributed by atoms with Gasteiger partial charge in [-0.3, -0.25) is 9.10 Å². The molecule has 0 saturated carbocycles. The molecule has 1 amide bonds. The van der Waals surface area contributed by atoms with Crippen molar-refractivity contribution in [2.75, 3.05) is 57.0 Å². The van der Waals surface area contributed by atoms with Crippen LogP contribution in [0.5, 0.6) is 11.5 Å². The summed E-state index contributed by atoms with van der Waals surface area (Å²) >= 11 is 0. The second-order valence-corrected chi connectivity index (χ2v) is 11.9. The van der Waals surface area contributed by atoms with E-state index in [9.17, 15) is 21.6 Å². The summed E-state index contributed by atoms with van der Waals surface area (Å²) in [6, 6.07) is 11.1. The minimum Gasteiger partial charge on any atom is -0.497 e. The fourth-order valence-corrected chi connectivity index (χ4v) is 7.30. The molecular weight excluding hydrogens is 482 g/mol. The Morgan fingerprint density at radius 1 is 0.912 bits per heavy atom. The lowest BCUT2D eigenvalue weighted by atomic mass is 10.1. The molecule has 2 saturated heterocycles. The first-order valence-corrected chi connectivity index (χ1v) is 13.8. The number of nitrogens with zero attached hydrogens (tertiary/aromatic N) is 3.